The molecule has 184 valence electrons. The third-order valence-electron chi connectivity index (χ3n) is 4.90. The molecular weight excluding hydrogens is 506 g/mol. The van der Waals surface area contributed by atoms with Crippen LogP contribution in [0, 0.1) is 6.92 Å². The second kappa shape index (κ2) is 10.6. The fraction of sp³-hybridized carbons (Fsp3) is 0.0800. The summed E-state index contributed by atoms with van der Waals surface area (Å²) in [5, 5.41) is 6.58. The predicted molar refractivity (Wildman–Crippen MR) is 134 cm³/mol. The smallest absolute Gasteiger partial charge is 0.263 e. The molecule has 1 aromatic heterocycles. The molecule has 4 rings (SSSR count). The number of carbonyl (C=O) groups is 2. The molecule has 0 unspecified atom stereocenters. The van der Waals surface area contributed by atoms with Gasteiger partial charge in [0.05, 0.1) is 10.5 Å². The second-order valence-corrected chi connectivity index (χ2v) is 9.74. The van der Waals surface area contributed by atoms with Gasteiger partial charge in [-0.25, -0.2) is 8.42 Å². The maximum atomic E-state index is 12.9. The molecule has 0 atom stereocenters. The van der Waals surface area contributed by atoms with Crippen molar-refractivity contribution >= 4 is 44.8 Å². The number of ketones is 1. The molecule has 1 heterocycles. The van der Waals surface area contributed by atoms with Crippen molar-refractivity contribution in [2.75, 3.05) is 16.6 Å². The highest BCUT2D eigenvalue weighted by Crippen LogP contribution is 2.26. The van der Waals surface area contributed by atoms with Gasteiger partial charge in [0, 0.05) is 22.3 Å². The lowest BCUT2D eigenvalue weighted by molar-refractivity contribution is -0.118. The minimum Gasteiger partial charge on any atom is -0.483 e. The first-order valence-corrected chi connectivity index (χ1v) is 12.5. The number of amides is 1. The number of aryl methyl sites for hydroxylation is 1. The Morgan fingerprint density at radius 2 is 1.72 bits per heavy atom. The standard InChI is InChI=1S/C25H20ClN3O6S/c1-16-13-23(28-35-16)29-36(32,33)20-10-8-19(9-11-20)27-24(30)15-34-22-12-7-18(26)14-21(22)25(31)17-5-3-2-4-6-17/h2-14H,15H2,1H3,(H,27,30)(H,28,29). The summed E-state index contributed by atoms with van der Waals surface area (Å²) >= 11 is 6.07. The van der Waals surface area contributed by atoms with E-state index in [1.165, 1.54) is 42.5 Å². The summed E-state index contributed by atoms with van der Waals surface area (Å²) in [4.78, 5) is 25.3. The van der Waals surface area contributed by atoms with E-state index in [-0.39, 0.29) is 34.4 Å². The number of ether oxygens (including phenoxy) is 1. The van der Waals surface area contributed by atoms with Gasteiger partial charge in [-0.1, -0.05) is 47.1 Å². The largest absolute Gasteiger partial charge is 0.483 e. The molecule has 0 radical (unpaired) electrons. The molecule has 3 aromatic carbocycles. The van der Waals surface area contributed by atoms with Crippen LogP contribution < -0.4 is 14.8 Å². The SMILES string of the molecule is Cc1cc(NS(=O)(=O)c2ccc(NC(=O)COc3ccc(Cl)cc3C(=O)c3ccccc3)cc2)no1. The second-order valence-electron chi connectivity index (χ2n) is 7.63. The van der Waals surface area contributed by atoms with Crippen LogP contribution >= 0.6 is 11.6 Å². The van der Waals surface area contributed by atoms with Gasteiger partial charge in [0.15, 0.2) is 18.2 Å². The van der Waals surface area contributed by atoms with Gasteiger partial charge in [-0.05, 0) is 49.4 Å². The summed E-state index contributed by atoms with van der Waals surface area (Å²) < 4.78 is 37.7. The fourth-order valence-electron chi connectivity index (χ4n) is 3.22. The summed E-state index contributed by atoms with van der Waals surface area (Å²) in [7, 11) is -3.88. The van der Waals surface area contributed by atoms with Crippen LogP contribution in [0.15, 0.2) is 88.3 Å². The minimum atomic E-state index is -3.88. The van der Waals surface area contributed by atoms with E-state index in [9.17, 15) is 18.0 Å². The monoisotopic (exact) mass is 525 g/mol. The molecule has 36 heavy (non-hydrogen) atoms. The molecule has 0 fully saturated rings. The zero-order valence-corrected chi connectivity index (χ0v) is 20.5. The van der Waals surface area contributed by atoms with Crippen LogP contribution in [0.3, 0.4) is 0 Å². The molecule has 0 aliphatic heterocycles. The summed E-state index contributed by atoms with van der Waals surface area (Å²) in [5.41, 5.74) is 1.04. The third kappa shape index (κ3) is 6.09. The first-order chi connectivity index (χ1) is 17.2. The molecular formula is C25H20ClN3O6S. The van der Waals surface area contributed by atoms with Crippen LogP contribution in [0.1, 0.15) is 21.7 Å². The molecule has 4 aromatic rings. The lowest BCUT2D eigenvalue weighted by Crippen LogP contribution is -2.21. The maximum Gasteiger partial charge on any atom is 0.263 e. The van der Waals surface area contributed by atoms with Crippen molar-refractivity contribution in [3.05, 3.63) is 101 Å². The number of benzene rings is 3. The van der Waals surface area contributed by atoms with E-state index in [4.69, 9.17) is 20.9 Å². The van der Waals surface area contributed by atoms with E-state index in [1.54, 1.807) is 43.3 Å². The Labute approximate surface area is 212 Å². The Kier molecular flexibility index (Phi) is 7.37. The molecule has 0 saturated heterocycles. The summed E-state index contributed by atoms with van der Waals surface area (Å²) in [6, 6.07) is 20.2. The van der Waals surface area contributed by atoms with Gasteiger partial charge in [0.1, 0.15) is 11.5 Å². The number of hydrogen-bond acceptors (Lipinski definition) is 7. The van der Waals surface area contributed by atoms with Crippen LogP contribution in [0.4, 0.5) is 11.5 Å². The number of aromatic nitrogens is 1. The van der Waals surface area contributed by atoms with E-state index < -0.39 is 15.9 Å². The predicted octanol–water partition coefficient (Wildman–Crippen LogP) is 4.69. The van der Waals surface area contributed by atoms with Crippen LogP contribution in [0.25, 0.3) is 0 Å². The molecule has 2 N–H and O–H groups in total. The van der Waals surface area contributed by atoms with Gasteiger partial charge in [-0.2, -0.15) is 0 Å². The van der Waals surface area contributed by atoms with Crippen molar-refractivity contribution < 1.29 is 27.3 Å². The molecule has 0 bridgehead atoms. The molecule has 0 aliphatic rings. The van der Waals surface area contributed by atoms with E-state index in [1.807, 2.05) is 0 Å². The minimum absolute atomic E-state index is 0.0253. The average Bonchev–Trinajstić information content (AvgIpc) is 3.27. The number of sulfonamides is 1. The number of anilines is 2. The molecule has 9 nitrogen and oxygen atoms in total. The summed E-state index contributed by atoms with van der Waals surface area (Å²) in [6.07, 6.45) is 0. The number of hydrogen-bond donors (Lipinski definition) is 2. The van der Waals surface area contributed by atoms with Crippen LogP contribution in [0.5, 0.6) is 5.75 Å². The lowest BCUT2D eigenvalue weighted by atomic mass is 10.0. The van der Waals surface area contributed by atoms with Gasteiger partial charge in [0.25, 0.3) is 15.9 Å². The maximum absolute atomic E-state index is 12.9. The molecule has 0 aliphatic carbocycles. The number of rotatable bonds is 9. The van der Waals surface area contributed by atoms with Gasteiger partial charge < -0.3 is 14.6 Å². The van der Waals surface area contributed by atoms with Crippen molar-refractivity contribution in [2.24, 2.45) is 0 Å². The van der Waals surface area contributed by atoms with Gasteiger partial charge in [0.2, 0.25) is 0 Å². The van der Waals surface area contributed by atoms with Crippen LogP contribution in [-0.2, 0) is 14.8 Å². The Morgan fingerprint density at radius 3 is 2.39 bits per heavy atom. The van der Waals surface area contributed by atoms with E-state index >= 15 is 0 Å². The molecule has 0 saturated carbocycles. The highest BCUT2D eigenvalue weighted by atomic mass is 35.5. The van der Waals surface area contributed by atoms with Gasteiger partial charge in [-0.15, -0.1) is 0 Å². The van der Waals surface area contributed by atoms with Crippen molar-refractivity contribution in [1.29, 1.82) is 0 Å². The normalized spacial score (nSPS) is 11.1. The number of nitrogens with zero attached hydrogens (tertiary/aromatic N) is 1. The summed E-state index contributed by atoms with van der Waals surface area (Å²) in [5.74, 6) is -0.0638. The van der Waals surface area contributed by atoms with Crippen LogP contribution in [0.2, 0.25) is 5.02 Å². The number of nitrogens with one attached hydrogen (secondary N) is 2. The lowest BCUT2D eigenvalue weighted by Gasteiger charge is -2.12. The van der Waals surface area contributed by atoms with Crippen LogP contribution in [-0.4, -0.2) is 31.9 Å². The Morgan fingerprint density at radius 1 is 1.00 bits per heavy atom. The quantitative estimate of drug-likeness (QED) is 0.303. The Bertz CT molecular complexity index is 1500. The highest BCUT2D eigenvalue weighted by molar-refractivity contribution is 7.92. The first kappa shape index (κ1) is 25.0. The molecule has 1 amide bonds. The highest BCUT2D eigenvalue weighted by Gasteiger charge is 2.18. The Balaban J connectivity index is 1.39. The van der Waals surface area contributed by atoms with E-state index in [0.717, 1.165) is 0 Å². The number of halogens is 1. The van der Waals surface area contributed by atoms with Crippen molar-refractivity contribution in [2.45, 2.75) is 11.8 Å². The number of carbonyl (C=O) groups excluding carboxylic acids is 2. The molecule has 11 heteroatoms. The van der Waals surface area contributed by atoms with Crippen molar-refractivity contribution in [3.8, 4) is 5.75 Å². The third-order valence-corrected chi connectivity index (χ3v) is 6.50. The topological polar surface area (TPSA) is 128 Å². The fourth-order valence-corrected chi connectivity index (χ4v) is 4.38. The average molecular weight is 526 g/mol. The van der Waals surface area contributed by atoms with Gasteiger partial charge >= 0.3 is 0 Å². The van der Waals surface area contributed by atoms with E-state index in [2.05, 4.69) is 15.2 Å². The zero-order chi connectivity index (χ0) is 25.7. The first-order valence-electron chi connectivity index (χ1n) is 10.6. The van der Waals surface area contributed by atoms with Crippen molar-refractivity contribution in [1.82, 2.24) is 5.16 Å². The Hall–Kier alpha value is -4.15. The van der Waals surface area contributed by atoms with E-state index in [0.29, 0.717) is 22.0 Å². The molecule has 0 spiro atoms. The van der Waals surface area contributed by atoms with Gasteiger partial charge in [-0.3, -0.25) is 14.3 Å². The zero-order valence-electron chi connectivity index (χ0n) is 18.9. The van der Waals surface area contributed by atoms with Crippen molar-refractivity contribution in [3.63, 3.8) is 0 Å². The summed E-state index contributed by atoms with van der Waals surface area (Å²) in [6.45, 7) is 1.25.